The fourth-order valence-corrected chi connectivity index (χ4v) is 3.04. The zero-order valence-corrected chi connectivity index (χ0v) is 16.7. The van der Waals surface area contributed by atoms with Crippen LogP contribution in [0.4, 0.5) is 5.69 Å². The number of benzene rings is 3. The summed E-state index contributed by atoms with van der Waals surface area (Å²) in [6, 6.07) is 22.3. The number of amides is 1. The highest BCUT2D eigenvalue weighted by molar-refractivity contribution is 6.04. The van der Waals surface area contributed by atoms with Crippen molar-refractivity contribution < 1.29 is 14.3 Å². The Morgan fingerprint density at radius 2 is 1.37 bits per heavy atom. The highest BCUT2D eigenvalue weighted by atomic mass is 16.5. The Hall–Kier alpha value is -4.06. The Bertz CT molecular complexity index is 1130. The van der Waals surface area contributed by atoms with Gasteiger partial charge in [0.05, 0.1) is 26.1 Å². The van der Waals surface area contributed by atoms with E-state index in [9.17, 15) is 4.79 Å². The fraction of sp³-hybridized carbons (Fsp3) is 0.0833. The van der Waals surface area contributed by atoms with Crippen LogP contribution in [0.3, 0.4) is 0 Å². The molecule has 0 spiro atoms. The summed E-state index contributed by atoms with van der Waals surface area (Å²) in [5.74, 6) is 2.13. The second-order valence-corrected chi connectivity index (χ2v) is 6.63. The number of ether oxygens (including phenoxy) is 2. The molecule has 0 fully saturated rings. The zero-order chi connectivity index (χ0) is 20.9. The second kappa shape index (κ2) is 8.53. The molecule has 0 bridgehead atoms. The van der Waals surface area contributed by atoms with E-state index in [0.29, 0.717) is 11.3 Å². The topological polar surface area (TPSA) is 76.2 Å². The number of nitrogens with one attached hydrogen (secondary N) is 2. The van der Waals surface area contributed by atoms with Crippen molar-refractivity contribution in [3.05, 3.63) is 84.6 Å². The molecule has 30 heavy (non-hydrogen) atoms. The first kappa shape index (κ1) is 19.3. The van der Waals surface area contributed by atoms with Gasteiger partial charge in [-0.2, -0.15) is 0 Å². The van der Waals surface area contributed by atoms with Crippen LogP contribution < -0.4 is 14.8 Å². The number of hydrogen-bond acceptors (Lipinski definition) is 4. The largest absolute Gasteiger partial charge is 0.497 e. The molecule has 0 atom stereocenters. The minimum absolute atomic E-state index is 0.172. The van der Waals surface area contributed by atoms with E-state index >= 15 is 0 Å². The molecule has 0 saturated heterocycles. The van der Waals surface area contributed by atoms with E-state index < -0.39 is 0 Å². The van der Waals surface area contributed by atoms with Gasteiger partial charge in [0, 0.05) is 16.8 Å². The number of carbonyl (C=O) groups excluding carboxylic acids is 1. The molecule has 0 radical (unpaired) electrons. The van der Waals surface area contributed by atoms with Crippen molar-refractivity contribution in [1.29, 1.82) is 0 Å². The summed E-state index contributed by atoms with van der Waals surface area (Å²) in [6.07, 6.45) is 1.80. The molecule has 150 valence electrons. The molecule has 0 aliphatic rings. The van der Waals surface area contributed by atoms with Gasteiger partial charge in [0.15, 0.2) is 0 Å². The SMILES string of the molecule is COc1ccc(C(=O)Nc2ccc(-c3cnc(-c4ccc(OC)cc4)[nH]3)cc2)cc1. The van der Waals surface area contributed by atoms with Gasteiger partial charge in [-0.25, -0.2) is 4.98 Å². The van der Waals surface area contributed by atoms with Gasteiger partial charge in [-0.15, -0.1) is 0 Å². The standard InChI is InChI=1S/C24H21N3O3/c1-29-20-11-5-17(6-12-20)23-25-15-22(27-23)16-3-9-19(10-4-16)26-24(28)18-7-13-21(30-2)14-8-18/h3-15H,1-2H3,(H,25,27)(H,26,28). The number of carbonyl (C=O) groups is 1. The Morgan fingerprint density at radius 1 is 0.800 bits per heavy atom. The quantitative estimate of drug-likeness (QED) is 0.478. The summed E-state index contributed by atoms with van der Waals surface area (Å²) in [6.45, 7) is 0. The molecule has 0 unspecified atom stereocenters. The first-order chi connectivity index (χ1) is 14.7. The van der Waals surface area contributed by atoms with Crippen LogP contribution >= 0.6 is 0 Å². The van der Waals surface area contributed by atoms with Gasteiger partial charge in [-0.3, -0.25) is 4.79 Å². The van der Waals surface area contributed by atoms with Gasteiger partial charge in [0.25, 0.3) is 5.91 Å². The van der Waals surface area contributed by atoms with Gasteiger partial charge in [-0.05, 0) is 66.2 Å². The van der Waals surface area contributed by atoms with Crippen molar-refractivity contribution in [2.45, 2.75) is 0 Å². The van der Waals surface area contributed by atoms with Gasteiger partial charge in [0.2, 0.25) is 0 Å². The second-order valence-electron chi connectivity index (χ2n) is 6.63. The molecule has 4 aromatic rings. The number of rotatable bonds is 6. The molecular formula is C24H21N3O3. The number of aromatic amines is 1. The van der Waals surface area contributed by atoms with Crippen molar-refractivity contribution in [1.82, 2.24) is 9.97 Å². The van der Waals surface area contributed by atoms with E-state index in [-0.39, 0.29) is 5.91 Å². The first-order valence-corrected chi connectivity index (χ1v) is 9.41. The molecule has 6 heteroatoms. The average Bonchev–Trinajstić information content (AvgIpc) is 3.30. The highest BCUT2D eigenvalue weighted by Crippen LogP contribution is 2.25. The van der Waals surface area contributed by atoms with E-state index in [4.69, 9.17) is 9.47 Å². The van der Waals surface area contributed by atoms with Crippen LogP contribution in [0.15, 0.2) is 79.0 Å². The molecule has 4 rings (SSSR count). The van der Waals surface area contributed by atoms with Crippen molar-refractivity contribution in [3.8, 4) is 34.1 Å². The van der Waals surface area contributed by atoms with Crippen molar-refractivity contribution in [3.63, 3.8) is 0 Å². The Kier molecular flexibility index (Phi) is 5.48. The summed E-state index contributed by atoms with van der Waals surface area (Å²) in [4.78, 5) is 20.2. The summed E-state index contributed by atoms with van der Waals surface area (Å²) < 4.78 is 10.3. The molecule has 6 nitrogen and oxygen atoms in total. The van der Waals surface area contributed by atoms with Crippen molar-refractivity contribution in [2.24, 2.45) is 0 Å². The monoisotopic (exact) mass is 399 g/mol. The Balaban J connectivity index is 1.45. The average molecular weight is 399 g/mol. The molecule has 0 aliphatic heterocycles. The van der Waals surface area contributed by atoms with Crippen LogP contribution in [-0.4, -0.2) is 30.1 Å². The fourth-order valence-electron chi connectivity index (χ4n) is 3.04. The maximum Gasteiger partial charge on any atom is 0.255 e. The normalized spacial score (nSPS) is 10.5. The van der Waals surface area contributed by atoms with Crippen LogP contribution in [0.5, 0.6) is 11.5 Å². The number of methoxy groups -OCH3 is 2. The predicted octanol–water partition coefficient (Wildman–Crippen LogP) is 5.01. The van der Waals surface area contributed by atoms with Crippen molar-refractivity contribution >= 4 is 11.6 Å². The lowest BCUT2D eigenvalue weighted by Gasteiger charge is -2.07. The maximum atomic E-state index is 12.4. The van der Waals surface area contributed by atoms with Crippen LogP contribution in [0.25, 0.3) is 22.6 Å². The predicted molar refractivity (Wildman–Crippen MR) is 117 cm³/mol. The number of H-pyrrole nitrogens is 1. The Labute approximate surface area is 174 Å². The van der Waals surface area contributed by atoms with E-state index in [1.54, 1.807) is 44.7 Å². The lowest BCUT2D eigenvalue weighted by molar-refractivity contribution is 0.102. The number of imidazole rings is 1. The number of hydrogen-bond donors (Lipinski definition) is 2. The molecular weight excluding hydrogens is 378 g/mol. The van der Waals surface area contributed by atoms with Gasteiger partial charge in [-0.1, -0.05) is 12.1 Å². The third kappa shape index (κ3) is 4.17. The summed E-state index contributed by atoms with van der Waals surface area (Å²) in [7, 11) is 3.24. The van der Waals surface area contributed by atoms with E-state index in [1.807, 2.05) is 48.5 Å². The number of aromatic nitrogens is 2. The smallest absolute Gasteiger partial charge is 0.255 e. The lowest BCUT2D eigenvalue weighted by atomic mass is 10.1. The van der Waals surface area contributed by atoms with Crippen LogP contribution in [0.2, 0.25) is 0 Å². The number of anilines is 1. The summed E-state index contributed by atoms with van der Waals surface area (Å²) >= 11 is 0. The summed E-state index contributed by atoms with van der Waals surface area (Å²) in [5, 5.41) is 2.90. The Morgan fingerprint density at radius 3 is 1.97 bits per heavy atom. The molecule has 2 N–H and O–H groups in total. The minimum Gasteiger partial charge on any atom is -0.497 e. The van der Waals surface area contributed by atoms with E-state index in [0.717, 1.165) is 34.1 Å². The van der Waals surface area contributed by atoms with Crippen LogP contribution in [-0.2, 0) is 0 Å². The highest BCUT2D eigenvalue weighted by Gasteiger charge is 2.08. The molecule has 1 amide bonds. The van der Waals surface area contributed by atoms with Crippen LogP contribution in [0, 0.1) is 0 Å². The van der Waals surface area contributed by atoms with Crippen LogP contribution in [0.1, 0.15) is 10.4 Å². The maximum absolute atomic E-state index is 12.4. The molecule has 3 aromatic carbocycles. The van der Waals surface area contributed by atoms with Crippen molar-refractivity contribution in [2.75, 3.05) is 19.5 Å². The van der Waals surface area contributed by atoms with Gasteiger partial charge < -0.3 is 19.8 Å². The number of nitrogens with zero attached hydrogens (tertiary/aromatic N) is 1. The summed E-state index contributed by atoms with van der Waals surface area (Å²) in [5.41, 5.74) is 4.14. The molecule has 1 heterocycles. The minimum atomic E-state index is -0.172. The molecule has 0 aliphatic carbocycles. The molecule has 1 aromatic heterocycles. The first-order valence-electron chi connectivity index (χ1n) is 9.41. The lowest BCUT2D eigenvalue weighted by Crippen LogP contribution is -2.11. The van der Waals surface area contributed by atoms with Gasteiger partial charge >= 0.3 is 0 Å². The van der Waals surface area contributed by atoms with E-state index in [2.05, 4.69) is 15.3 Å². The van der Waals surface area contributed by atoms with Gasteiger partial charge in [0.1, 0.15) is 17.3 Å². The zero-order valence-electron chi connectivity index (χ0n) is 16.7. The molecule has 0 saturated carbocycles. The third-order valence-corrected chi connectivity index (χ3v) is 4.75. The third-order valence-electron chi connectivity index (χ3n) is 4.75. The van der Waals surface area contributed by atoms with E-state index in [1.165, 1.54) is 0 Å².